The molecule has 1 aliphatic rings. The lowest BCUT2D eigenvalue weighted by Crippen LogP contribution is -2.36. The Morgan fingerprint density at radius 1 is 1.33 bits per heavy atom. The zero-order chi connectivity index (χ0) is 19.2. The molecule has 0 saturated heterocycles. The second kappa shape index (κ2) is 7.57. The number of hydrogen-bond donors (Lipinski definition) is 3. The average Bonchev–Trinajstić information content (AvgIpc) is 3.24. The molecule has 3 rings (SSSR count). The Balaban J connectivity index is 0.00000261. The van der Waals surface area contributed by atoms with Crippen LogP contribution in [0.25, 0.3) is 5.69 Å². The zero-order valence-electron chi connectivity index (χ0n) is 13.4. The van der Waals surface area contributed by atoms with Gasteiger partial charge in [-0.1, -0.05) is 23.2 Å². The van der Waals surface area contributed by atoms with E-state index in [1.807, 2.05) is 0 Å². The molecule has 12 heteroatoms. The first-order valence-corrected chi connectivity index (χ1v) is 8.15. The SMILES string of the molecule is Cl.N=C(N)NC(=O)c1cnn(-c2c(Cl)cc(Cl)cc2C(F)(F)F)c1C1CC1. The number of nitrogens with one attached hydrogen (secondary N) is 2. The Morgan fingerprint density at radius 2 is 1.96 bits per heavy atom. The highest BCUT2D eigenvalue weighted by molar-refractivity contribution is 6.36. The molecule has 1 saturated carbocycles. The number of halogens is 6. The van der Waals surface area contributed by atoms with Crippen molar-refractivity contribution < 1.29 is 18.0 Å². The van der Waals surface area contributed by atoms with Crippen molar-refractivity contribution in [2.24, 2.45) is 5.73 Å². The molecule has 1 fully saturated rings. The third kappa shape index (κ3) is 4.31. The number of aromatic nitrogens is 2. The first-order chi connectivity index (χ1) is 12.1. The monoisotopic (exact) mass is 441 g/mol. The standard InChI is InChI=1S/C15H12Cl2F3N5O.ClH/c16-7-3-9(15(18,19)20)12(10(17)4-7)25-11(6-1-2-6)8(5-23-25)13(26)24-14(21)22;/h3-6H,1-2H2,(H4,21,22,24,26);1H. The maximum absolute atomic E-state index is 13.5. The molecule has 0 atom stereocenters. The van der Waals surface area contributed by atoms with Crippen molar-refractivity contribution in [3.8, 4) is 5.69 Å². The summed E-state index contributed by atoms with van der Waals surface area (Å²) in [6, 6.07) is 1.94. The van der Waals surface area contributed by atoms with E-state index in [0.717, 1.165) is 16.9 Å². The maximum atomic E-state index is 13.5. The van der Waals surface area contributed by atoms with Gasteiger partial charge in [-0.25, -0.2) is 4.68 Å². The van der Waals surface area contributed by atoms with Crippen molar-refractivity contribution in [2.75, 3.05) is 0 Å². The van der Waals surface area contributed by atoms with Crippen LogP contribution in [0.3, 0.4) is 0 Å². The highest BCUT2D eigenvalue weighted by Crippen LogP contribution is 2.45. The van der Waals surface area contributed by atoms with Gasteiger partial charge in [-0.15, -0.1) is 12.4 Å². The zero-order valence-corrected chi connectivity index (χ0v) is 15.7. The van der Waals surface area contributed by atoms with Gasteiger partial charge in [-0.3, -0.25) is 15.5 Å². The number of carbonyl (C=O) groups is 1. The van der Waals surface area contributed by atoms with Crippen molar-refractivity contribution in [3.05, 3.63) is 45.2 Å². The largest absolute Gasteiger partial charge is 0.418 e. The number of nitrogens with zero attached hydrogens (tertiary/aromatic N) is 2. The van der Waals surface area contributed by atoms with Crippen LogP contribution in [0.5, 0.6) is 0 Å². The summed E-state index contributed by atoms with van der Waals surface area (Å²) in [5.41, 5.74) is 4.03. The predicted molar refractivity (Wildman–Crippen MR) is 97.2 cm³/mol. The van der Waals surface area contributed by atoms with Gasteiger partial charge in [-0.05, 0) is 25.0 Å². The smallest absolute Gasteiger partial charge is 0.370 e. The van der Waals surface area contributed by atoms with Gasteiger partial charge in [0.05, 0.1) is 33.7 Å². The first-order valence-electron chi connectivity index (χ1n) is 7.39. The predicted octanol–water partition coefficient (Wildman–Crippen LogP) is 4.12. The van der Waals surface area contributed by atoms with Crippen molar-refractivity contribution >= 4 is 47.5 Å². The topological polar surface area (TPSA) is 96.8 Å². The van der Waals surface area contributed by atoms with Crippen LogP contribution in [0.2, 0.25) is 10.0 Å². The van der Waals surface area contributed by atoms with E-state index in [-0.39, 0.29) is 33.9 Å². The summed E-state index contributed by atoms with van der Waals surface area (Å²) in [4.78, 5) is 12.2. The Labute approximate surface area is 167 Å². The summed E-state index contributed by atoms with van der Waals surface area (Å²) in [7, 11) is 0. The van der Waals surface area contributed by atoms with Gasteiger partial charge >= 0.3 is 6.18 Å². The van der Waals surface area contributed by atoms with Crippen molar-refractivity contribution in [1.82, 2.24) is 15.1 Å². The average molecular weight is 443 g/mol. The molecule has 4 N–H and O–H groups in total. The summed E-state index contributed by atoms with van der Waals surface area (Å²) < 4.78 is 41.5. The highest BCUT2D eigenvalue weighted by Gasteiger charge is 2.39. The molecule has 146 valence electrons. The lowest BCUT2D eigenvalue weighted by Gasteiger charge is -2.17. The maximum Gasteiger partial charge on any atom is 0.418 e. The number of amides is 1. The van der Waals surface area contributed by atoms with E-state index < -0.39 is 29.3 Å². The molecule has 2 aromatic rings. The van der Waals surface area contributed by atoms with Gasteiger partial charge in [0.1, 0.15) is 0 Å². The Kier molecular flexibility index (Phi) is 5.98. The van der Waals surface area contributed by atoms with Crippen LogP contribution < -0.4 is 11.1 Å². The van der Waals surface area contributed by atoms with Gasteiger partial charge in [0.15, 0.2) is 5.96 Å². The number of hydrogen-bond acceptors (Lipinski definition) is 3. The second-order valence-corrected chi connectivity index (χ2v) is 6.62. The number of benzene rings is 1. The molecule has 0 spiro atoms. The summed E-state index contributed by atoms with van der Waals surface area (Å²) in [5.74, 6) is -1.44. The van der Waals surface area contributed by atoms with E-state index in [1.54, 1.807) is 0 Å². The summed E-state index contributed by atoms with van der Waals surface area (Å²) in [5, 5.41) is 12.8. The van der Waals surface area contributed by atoms with Crippen LogP contribution in [0.4, 0.5) is 13.2 Å². The highest BCUT2D eigenvalue weighted by atomic mass is 35.5. The Bertz CT molecular complexity index is 909. The van der Waals surface area contributed by atoms with Crippen molar-refractivity contribution in [2.45, 2.75) is 24.9 Å². The lowest BCUT2D eigenvalue weighted by atomic mass is 10.1. The third-order valence-electron chi connectivity index (χ3n) is 3.81. The molecule has 0 radical (unpaired) electrons. The number of guanidine groups is 1. The Morgan fingerprint density at radius 3 is 2.48 bits per heavy atom. The van der Waals surface area contributed by atoms with Gasteiger partial charge < -0.3 is 5.73 Å². The summed E-state index contributed by atoms with van der Waals surface area (Å²) in [6.07, 6.45) is -2.20. The quantitative estimate of drug-likeness (QED) is 0.493. The molecule has 1 aromatic heterocycles. The third-order valence-corrected chi connectivity index (χ3v) is 4.32. The minimum absolute atomic E-state index is 0. The van der Waals surface area contributed by atoms with Crippen LogP contribution >= 0.6 is 35.6 Å². The van der Waals surface area contributed by atoms with E-state index in [4.69, 9.17) is 34.3 Å². The van der Waals surface area contributed by atoms with Gasteiger partial charge in [0.25, 0.3) is 5.91 Å². The number of nitrogens with two attached hydrogens (primary N) is 1. The fourth-order valence-corrected chi connectivity index (χ4v) is 3.22. The summed E-state index contributed by atoms with van der Waals surface area (Å²) in [6.45, 7) is 0. The molecule has 1 aliphatic carbocycles. The number of alkyl halides is 3. The molecule has 27 heavy (non-hydrogen) atoms. The van der Waals surface area contributed by atoms with Crippen LogP contribution in [0, 0.1) is 5.41 Å². The van der Waals surface area contributed by atoms with Crippen LogP contribution in [0.15, 0.2) is 18.3 Å². The molecule has 6 nitrogen and oxygen atoms in total. The van der Waals surface area contributed by atoms with Gasteiger partial charge in [0.2, 0.25) is 0 Å². The van der Waals surface area contributed by atoms with Crippen molar-refractivity contribution in [3.63, 3.8) is 0 Å². The lowest BCUT2D eigenvalue weighted by molar-refractivity contribution is -0.137. The number of carbonyl (C=O) groups excluding carboxylic acids is 1. The molecule has 0 unspecified atom stereocenters. The van der Waals surface area contributed by atoms with E-state index in [2.05, 4.69) is 10.4 Å². The normalized spacial score (nSPS) is 13.8. The summed E-state index contributed by atoms with van der Waals surface area (Å²) >= 11 is 11.8. The van der Waals surface area contributed by atoms with E-state index in [1.165, 1.54) is 6.07 Å². The Hall–Kier alpha value is -1.97. The minimum Gasteiger partial charge on any atom is -0.370 e. The van der Waals surface area contributed by atoms with Crippen LogP contribution in [-0.4, -0.2) is 21.6 Å². The minimum atomic E-state index is -4.72. The van der Waals surface area contributed by atoms with Gasteiger partial charge in [-0.2, -0.15) is 18.3 Å². The first kappa shape index (κ1) is 21.3. The number of rotatable bonds is 3. The van der Waals surface area contributed by atoms with E-state index in [9.17, 15) is 18.0 Å². The molecule has 1 heterocycles. The van der Waals surface area contributed by atoms with E-state index >= 15 is 0 Å². The van der Waals surface area contributed by atoms with E-state index in [0.29, 0.717) is 18.5 Å². The second-order valence-electron chi connectivity index (χ2n) is 5.78. The molecule has 0 bridgehead atoms. The fourth-order valence-electron chi connectivity index (χ4n) is 2.65. The molecule has 1 amide bonds. The van der Waals surface area contributed by atoms with Crippen LogP contribution in [-0.2, 0) is 6.18 Å². The fraction of sp³-hybridized carbons (Fsp3) is 0.267. The molecule has 0 aliphatic heterocycles. The van der Waals surface area contributed by atoms with Crippen LogP contribution in [0.1, 0.15) is 40.4 Å². The molecule has 1 aromatic carbocycles. The molecular weight excluding hydrogens is 430 g/mol. The van der Waals surface area contributed by atoms with Crippen molar-refractivity contribution in [1.29, 1.82) is 5.41 Å². The molecular formula is C15H13Cl3F3N5O. The van der Waals surface area contributed by atoms with Gasteiger partial charge in [0, 0.05) is 10.9 Å².